The minimum absolute atomic E-state index is 0.110. The van der Waals surface area contributed by atoms with Gasteiger partial charge in [-0.15, -0.1) is 0 Å². The third kappa shape index (κ3) is 1.63. The van der Waals surface area contributed by atoms with Crippen LogP contribution < -0.4 is 0 Å². The average Bonchev–Trinajstić information content (AvgIpc) is 2.59. The Morgan fingerprint density at radius 2 is 1.50 bits per heavy atom. The van der Waals surface area contributed by atoms with Crippen LogP contribution in [0.15, 0.2) is 11.6 Å². The molecule has 1 N–H and O–H groups in total. The molecular weight excluding hydrogens is 198 g/mol. The first-order chi connectivity index (χ1) is 7.56. The predicted octanol–water partition coefficient (Wildman–Crippen LogP) is 4.15. The molecule has 0 spiro atoms. The summed E-state index contributed by atoms with van der Waals surface area (Å²) in [5, 5.41) is 12.3. The Kier molecular flexibility index (Phi) is 4.19. The van der Waals surface area contributed by atoms with Crippen LogP contribution in [0.25, 0.3) is 0 Å². The summed E-state index contributed by atoms with van der Waals surface area (Å²) in [5.41, 5.74) is 1.18. The van der Waals surface area contributed by atoms with Gasteiger partial charge in [0.15, 0.2) is 0 Å². The summed E-state index contributed by atoms with van der Waals surface area (Å²) in [4.78, 5) is 0. The number of hydroxylamine groups is 2. The zero-order chi connectivity index (χ0) is 12.4. The molecule has 0 aromatic carbocycles. The predicted molar refractivity (Wildman–Crippen MR) is 68.6 cm³/mol. The molecule has 0 bridgehead atoms. The van der Waals surface area contributed by atoms with E-state index in [1.54, 1.807) is 5.06 Å². The number of rotatable bonds is 5. The zero-order valence-electron chi connectivity index (χ0n) is 11.5. The highest BCUT2D eigenvalue weighted by Crippen LogP contribution is 2.47. The van der Waals surface area contributed by atoms with Crippen molar-refractivity contribution in [2.24, 2.45) is 0 Å². The maximum atomic E-state index is 10.6. The molecule has 0 unspecified atom stereocenters. The number of hydrogen-bond donors (Lipinski definition) is 1. The fourth-order valence-corrected chi connectivity index (χ4v) is 3.27. The van der Waals surface area contributed by atoms with Crippen molar-refractivity contribution in [3.63, 3.8) is 0 Å². The van der Waals surface area contributed by atoms with Crippen LogP contribution in [0.1, 0.15) is 66.7 Å². The van der Waals surface area contributed by atoms with Crippen molar-refractivity contribution in [2.75, 3.05) is 0 Å². The van der Waals surface area contributed by atoms with Crippen molar-refractivity contribution in [3.05, 3.63) is 11.6 Å². The van der Waals surface area contributed by atoms with Crippen molar-refractivity contribution >= 4 is 0 Å². The highest BCUT2D eigenvalue weighted by molar-refractivity contribution is 5.32. The molecule has 94 valence electrons. The molecule has 0 saturated carbocycles. The van der Waals surface area contributed by atoms with Gasteiger partial charge in [0.25, 0.3) is 0 Å². The maximum Gasteiger partial charge on any atom is 0.0674 e. The van der Waals surface area contributed by atoms with Crippen LogP contribution in [0, 0.1) is 0 Å². The quantitative estimate of drug-likeness (QED) is 0.711. The van der Waals surface area contributed by atoms with E-state index in [0.29, 0.717) is 0 Å². The topological polar surface area (TPSA) is 23.5 Å². The third-order valence-electron chi connectivity index (χ3n) is 4.64. The van der Waals surface area contributed by atoms with E-state index in [2.05, 4.69) is 40.7 Å². The van der Waals surface area contributed by atoms with Gasteiger partial charge in [-0.05, 0) is 32.1 Å². The molecule has 1 rings (SSSR count). The van der Waals surface area contributed by atoms with Gasteiger partial charge in [0.05, 0.1) is 11.1 Å². The van der Waals surface area contributed by atoms with Gasteiger partial charge in [-0.25, -0.2) is 0 Å². The van der Waals surface area contributed by atoms with E-state index >= 15 is 0 Å². The fraction of sp³-hybridized carbons (Fsp3) is 0.857. The molecule has 16 heavy (non-hydrogen) atoms. The van der Waals surface area contributed by atoms with Crippen molar-refractivity contribution in [3.8, 4) is 0 Å². The van der Waals surface area contributed by atoms with E-state index in [9.17, 15) is 5.21 Å². The van der Waals surface area contributed by atoms with Crippen molar-refractivity contribution < 1.29 is 5.21 Å². The van der Waals surface area contributed by atoms with Crippen LogP contribution in [0.2, 0.25) is 0 Å². The van der Waals surface area contributed by atoms with Crippen molar-refractivity contribution in [2.45, 2.75) is 77.8 Å². The van der Waals surface area contributed by atoms with Gasteiger partial charge in [0.2, 0.25) is 0 Å². The van der Waals surface area contributed by atoms with Gasteiger partial charge in [0, 0.05) is 0 Å². The fourth-order valence-electron chi connectivity index (χ4n) is 3.27. The number of hydrogen-bond acceptors (Lipinski definition) is 2. The number of nitrogens with zero attached hydrogens (tertiary/aromatic N) is 1. The van der Waals surface area contributed by atoms with Gasteiger partial charge in [0.1, 0.15) is 0 Å². The summed E-state index contributed by atoms with van der Waals surface area (Å²) in [7, 11) is 0. The Bertz CT molecular complexity index is 262. The van der Waals surface area contributed by atoms with Crippen molar-refractivity contribution in [1.29, 1.82) is 0 Å². The van der Waals surface area contributed by atoms with Gasteiger partial charge >= 0.3 is 0 Å². The highest BCUT2D eigenvalue weighted by atomic mass is 16.5. The third-order valence-corrected chi connectivity index (χ3v) is 4.64. The molecule has 1 aliphatic heterocycles. The molecule has 0 saturated heterocycles. The first-order valence-corrected chi connectivity index (χ1v) is 6.78. The summed E-state index contributed by atoms with van der Waals surface area (Å²) >= 11 is 0. The van der Waals surface area contributed by atoms with E-state index in [1.807, 2.05) is 0 Å². The first-order valence-electron chi connectivity index (χ1n) is 6.78. The molecule has 2 heteroatoms. The lowest BCUT2D eigenvalue weighted by Gasteiger charge is -2.43. The second-order valence-electron chi connectivity index (χ2n) is 4.88. The largest absolute Gasteiger partial charge is 0.312 e. The standard InChI is InChI=1S/C14H27NO/c1-6-12-11-13(7-2,8-3)15(16)14(12,9-4)10-5/h11,16H,6-10H2,1-5H3. The Balaban J connectivity index is 3.21. The molecule has 1 heterocycles. The molecule has 0 radical (unpaired) electrons. The Morgan fingerprint density at radius 3 is 1.75 bits per heavy atom. The summed E-state index contributed by atoms with van der Waals surface area (Å²) in [5.74, 6) is 0. The van der Waals surface area contributed by atoms with E-state index in [-0.39, 0.29) is 11.1 Å². The van der Waals surface area contributed by atoms with Crippen LogP contribution in [0.4, 0.5) is 0 Å². The normalized spacial score (nSPS) is 23.5. The monoisotopic (exact) mass is 225 g/mol. The lowest BCUT2D eigenvalue weighted by Crippen LogP contribution is -2.53. The lowest BCUT2D eigenvalue weighted by atomic mass is 9.85. The molecule has 1 aliphatic rings. The van der Waals surface area contributed by atoms with Crippen LogP contribution >= 0.6 is 0 Å². The Hall–Kier alpha value is -0.340. The molecular formula is C14H27NO. The molecule has 2 nitrogen and oxygen atoms in total. The molecule has 0 atom stereocenters. The van der Waals surface area contributed by atoms with Gasteiger partial charge in [-0.2, -0.15) is 5.06 Å². The Labute approximate surface area is 100 Å². The first kappa shape index (κ1) is 13.7. The SMILES string of the molecule is CCC1=CC(CC)(CC)N(O)C1(CC)CC. The van der Waals surface area contributed by atoms with Crippen molar-refractivity contribution in [1.82, 2.24) is 5.06 Å². The summed E-state index contributed by atoms with van der Waals surface area (Å²) in [6, 6.07) is 0. The van der Waals surface area contributed by atoms with Gasteiger partial charge in [-0.1, -0.05) is 46.3 Å². The minimum Gasteiger partial charge on any atom is -0.312 e. The maximum absolute atomic E-state index is 10.6. The summed E-state index contributed by atoms with van der Waals surface area (Å²) in [6.07, 6.45) is 7.31. The summed E-state index contributed by atoms with van der Waals surface area (Å²) < 4.78 is 0. The van der Waals surface area contributed by atoms with E-state index in [0.717, 1.165) is 32.1 Å². The van der Waals surface area contributed by atoms with Crippen LogP contribution in [0.3, 0.4) is 0 Å². The smallest absolute Gasteiger partial charge is 0.0674 e. The average molecular weight is 225 g/mol. The molecule has 0 fully saturated rings. The second-order valence-corrected chi connectivity index (χ2v) is 4.88. The van der Waals surface area contributed by atoms with Gasteiger partial charge in [-0.3, -0.25) is 0 Å². The van der Waals surface area contributed by atoms with E-state index in [1.165, 1.54) is 5.57 Å². The van der Waals surface area contributed by atoms with Gasteiger partial charge < -0.3 is 5.21 Å². The molecule has 0 amide bonds. The highest BCUT2D eigenvalue weighted by Gasteiger charge is 2.50. The van der Waals surface area contributed by atoms with Crippen LogP contribution in [-0.4, -0.2) is 21.3 Å². The Morgan fingerprint density at radius 1 is 1.00 bits per heavy atom. The second kappa shape index (κ2) is 4.89. The molecule has 0 aliphatic carbocycles. The molecule has 0 aromatic rings. The minimum atomic E-state index is -0.128. The van der Waals surface area contributed by atoms with Crippen LogP contribution in [0.5, 0.6) is 0 Å². The lowest BCUT2D eigenvalue weighted by molar-refractivity contribution is -0.209. The zero-order valence-corrected chi connectivity index (χ0v) is 11.5. The van der Waals surface area contributed by atoms with E-state index < -0.39 is 0 Å². The summed E-state index contributed by atoms with van der Waals surface area (Å²) in [6.45, 7) is 10.9. The molecule has 0 aromatic heterocycles. The van der Waals surface area contributed by atoms with Crippen LogP contribution in [-0.2, 0) is 0 Å². The van der Waals surface area contributed by atoms with E-state index in [4.69, 9.17) is 0 Å².